The van der Waals surface area contributed by atoms with E-state index in [1.54, 1.807) is 25.3 Å². The molecule has 0 amide bonds. The molecule has 0 atom stereocenters. The SMILES string of the molecule is CCNc1nc(Cl)nc(Nc2cc(Cl)ccc2OC)n1. The second-order valence-corrected chi connectivity index (χ2v) is 4.53. The molecule has 0 spiro atoms. The molecule has 1 aromatic carbocycles. The van der Waals surface area contributed by atoms with Crippen LogP contribution in [0.1, 0.15) is 6.92 Å². The van der Waals surface area contributed by atoms with Crippen LogP contribution in [0.4, 0.5) is 17.6 Å². The van der Waals surface area contributed by atoms with Gasteiger partial charge in [0.1, 0.15) is 5.75 Å². The Morgan fingerprint density at radius 1 is 1.15 bits per heavy atom. The monoisotopic (exact) mass is 313 g/mol. The van der Waals surface area contributed by atoms with Gasteiger partial charge in [-0.25, -0.2) is 0 Å². The summed E-state index contributed by atoms with van der Waals surface area (Å²) in [4.78, 5) is 12.2. The van der Waals surface area contributed by atoms with E-state index in [0.29, 0.717) is 34.9 Å². The fourth-order valence-electron chi connectivity index (χ4n) is 1.54. The number of halogens is 2. The van der Waals surface area contributed by atoms with Crippen LogP contribution in [-0.4, -0.2) is 28.6 Å². The Hall–Kier alpha value is -1.79. The Labute approximate surface area is 126 Å². The summed E-state index contributed by atoms with van der Waals surface area (Å²) in [7, 11) is 1.57. The Morgan fingerprint density at radius 2 is 1.90 bits per heavy atom. The van der Waals surface area contributed by atoms with Crippen molar-refractivity contribution in [2.45, 2.75) is 6.92 Å². The van der Waals surface area contributed by atoms with E-state index in [0.717, 1.165) is 0 Å². The van der Waals surface area contributed by atoms with E-state index >= 15 is 0 Å². The molecule has 0 aliphatic heterocycles. The van der Waals surface area contributed by atoms with Crippen molar-refractivity contribution in [2.24, 2.45) is 0 Å². The van der Waals surface area contributed by atoms with Crippen LogP contribution >= 0.6 is 23.2 Å². The van der Waals surface area contributed by atoms with Crippen LogP contribution in [0.5, 0.6) is 5.75 Å². The summed E-state index contributed by atoms with van der Waals surface area (Å²) in [5.41, 5.74) is 0.643. The van der Waals surface area contributed by atoms with Crippen LogP contribution in [0, 0.1) is 0 Å². The molecule has 106 valence electrons. The fraction of sp³-hybridized carbons (Fsp3) is 0.250. The van der Waals surface area contributed by atoms with Gasteiger partial charge in [-0.1, -0.05) is 11.6 Å². The lowest BCUT2D eigenvalue weighted by molar-refractivity contribution is 0.417. The number of hydrogen-bond donors (Lipinski definition) is 2. The molecule has 0 aliphatic carbocycles. The largest absolute Gasteiger partial charge is 0.495 e. The number of rotatable bonds is 5. The minimum atomic E-state index is 0.0967. The Kier molecular flexibility index (Phi) is 4.81. The van der Waals surface area contributed by atoms with Gasteiger partial charge in [0, 0.05) is 11.6 Å². The van der Waals surface area contributed by atoms with Gasteiger partial charge >= 0.3 is 0 Å². The van der Waals surface area contributed by atoms with Crippen molar-refractivity contribution in [1.29, 1.82) is 0 Å². The Balaban J connectivity index is 2.31. The third-order valence-electron chi connectivity index (χ3n) is 2.35. The normalized spacial score (nSPS) is 10.2. The maximum absolute atomic E-state index is 5.97. The maximum atomic E-state index is 5.97. The first-order valence-electron chi connectivity index (χ1n) is 5.88. The van der Waals surface area contributed by atoms with Gasteiger partial charge in [0.25, 0.3) is 0 Å². The Bertz CT molecular complexity index is 608. The molecule has 2 N–H and O–H groups in total. The standard InChI is InChI=1S/C12H13Cl2N5O/c1-3-15-11-17-10(14)18-12(19-11)16-8-6-7(13)4-5-9(8)20-2/h4-6H,3H2,1-2H3,(H2,15,16,17,18,19). The third kappa shape index (κ3) is 3.61. The lowest BCUT2D eigenvalue weighted by Gasteiger charge is -2.11. The highest BCUT2D eigenvalue weighted by Crippen LogP contribution is 2.29. The molecular weight excluding hydrogens is 301 g/mol. The molecule has 0 unspecified atom stereocenters. The summed E-state index contributed by atoms with van der Waals surface area (Å²) in [6.07, 6.45) is 0. The van der Waals surface area contributed by atoms with E-state index in [9.17, 15) is 0 Å². The zero-order chi connectivity index (χ0) is 14.5. The van der Waals surface area contributed by atoms with Gasteiger partial charge in [0.05, 0.1) is 12.8 Å². The van der Waals surface area contributed by atoms with Crippen LogP contribution in [0.3, 0.4) is 0 Å². The van der Waals surface area contributed by atoms with Crippen LogP contribution < -0.4 is 15.4 Å². The van der Waals surface area contributed by atoms with Crippen LogP contribution in [0.15, 0.2) is 18.2 Å². The summed E-state index contributed by atoms with van der Waals surface area (Å²) in [6.45, 7) is 2.62. The second-order valence-electron chi connectivity index (χ2n) is 3.75. The molecule has 0 aliphatic rings. The van der Waals surface area contributed by atoms with Gasteiger partial charge in [0.2, 0.25) is 17.2 Å². The quantitative estimate of drug-likeness (QED) is 0.882. The van der Waals surface area contributed by atoms with Crippen molar-refractivity contribution in [1.82, 2.24) is 15.0 Å². The number of aromatic nitrogens is 3. The highest BCUT2D eigenvalue weighted by molar-refractivity contribution is 6.31. The molecule has 0 bridgehead atoms. The summed E-state index contributed by atoms with van der Waals surface area (Å²) >= 11 is 11.8. The number of hydrogen-bond acceptors (Lipinski definition) is 6. The fourth-order valence-corrected chi connectivity index (χ4v) is 1.87. The minimum absolute atomic E-state index is 0.0967. The molecule has 1 heterocycles. The van der Waals surface area contributed by atoms with Crippen molar-refractivity contribution in [3.63, 3.8) is 0 Å². The first-order chi connectivity index (χ1) is 9.62. The molecule has 1 aromatic heterocycles. The number of nitrogens with one attached hydrogen (secondary N) is 2. The molecule has 20 heavy (non-hydrogen) atoms. The minimum Gasteiger partial charge on any atom is -0.495 e. The van der Waals surface area contributed by atoms with Crippen LogP contribution in [0.2, 0.25) is 10.3 Å². The highest BCUT2D eigenvalue weighted by Gasteiger charge is 2.08. The van der Waals surface area contributed by atoms with E-state index in [2.05, 4.69) is 25.6 Å². The Morgan fingerprint density at radius 3 is 2.60 bits per heavy atom. The van der Waals surface area contributed by atoms with Crippen molar-refractivity contribution < 1.29 is 4.74 Å². The molecule has 0 radical (unpaired) electrons. The van der Waals surface area contributed by atoms with Crippen molar-refractivity contribution in [3.05, 3.63) is 28.5 Å². The molecule has 2 rings (SSSR count). The number of ether oxygens (including phenoxy) is 1. The van der Waals surface area contributed by atoms with Crippen molar-refractivity contribution in [3.8, 4) is 5.75 Å². The summed E-state index contributed by atoms with van der Waals surface area (Å²) in [6, 6.07) is 5.19. The van der Waals surface area contributed by atoms with Gasteiger partial charge in [-0.2, -0.15) is 15.0 Å². The predicted octanol–water partition coefficient (Wildman–Crippen LogP) is 3.36. The average Bonchev–Trinajstić information content (AvgIpc) is 2.38. The van der Waals surface area contributed by atoms with Gasteiger partial charge in [0.15, 0.2) is 0 Å². The van der Waals surface area contributed by atoms with E-state index in [1.165, 1.54) is 0 Å². The van der Waals surface area contributed by atoms with Crippen LogP contribution in [-0.2, 0) is 0 Å². The summed E-state index contributed by atoms with van der Waals surface area (Å²) in [5, 5.41) is 6.64. The van der Waals surface area contributed by atoms with E-state index in [1.807, 2.05) is 6.92 Å². The van der Waals surface area contributed by atoms with E-state index < -0.39 is 0 Å². The van der Waals surface area contributed by atoms with Gasteiger partial charge in [-0.05, 0) is 36.7 Å². The molecule has 6 nitrogen and oxygen atoms in total. The molecular formula is C12H13Cl2N5O. The summed E-state index contributed by atoms with van der Waals surface area (Å²) in [5.74, 6) is 1.33. The van der Waals surface area contributed by atoms with E-state index in [4.69, 9.17) is 27.9 Å². The van der Waals surface area contributed by atoms with Crippen LogP contribution in [0.25, 0.3) is 0 Å². The zero-order valence-electron chi connectivity index (χ0n) is 10.9. The number of methoxy groups -OCH3 is 1. The number of benzene rings is 1. The number of nitrogens with zero attached hydrogens (tertiary/aromatic N) is 3. The maximum Gasteiger partial charge on any atom is 0.233 e. The summed E-state index contributed by atoms with van der Waals surface area (Å²) < 4.78 is 5.24. The molecule has 2 aromatic rings. The molecule has 0 saturated carbocycles. The van der Waals surface area contributed by atoms with Gasteiger partial charge < -0.3 is 15.4 Å². The number of anilines is 3. The molecule has 8 heteroatoms. The molecule has 0 fully saturated rings. The van der Waals surface area contributed by atoms with Gasteiger partial charge in [-0.3, -0.25) is 0 Å². The third-order valence-corrected chi connectivity index (χ3v) is 2.76. The van der Waals surface area contributed by atoms with Gasteiger partial charge in [-0.15, -0.1) is 0 Å². The van der Waals surface area contributed by atoms with Crippen molar-refractivity contribution in [2.75, 3.05) is 24.3 Å². The van der Waals surface area contributed by atoms with Crippen molar-refractivity contribution >= 4 is 40.8 Å². The first-order valence-corrected chi connectivity index (χ1v) is 6.64. The average molecular weight is 314 g/mol. The smallest absolute Gasteiger partial charge is 0.233 e. The topological polar surface area (TPSA) is 72.0 Å². The lowest BCUT2D eigenvalue weighted by Crippen LogP contribution is -2.07. The second kappa shape index (κ2) is 6.58. The zero-order valence-corrected chi connectivity index (χ0v) is 12.5. The first kappa shape index (κ1) is 14.6. The van der Waals surface area contributed by atoms with E-state index in [-0.39, 0.29) is 5.28 Å². The molecule has 0 saturated heterocycles. The lowest BCUT2D eigenvalue weighted by atomic mass is 10.3. The highest BCUT2D eigenvalue weighted by atomic mass is 35.5. The predicted molar refractivity (Wildman–Crippen MR) is 80.3 cm³/mol.